The second kappa shape index (κ2) is 7.02. The zero-order valence-corrected chi connectivity index (χ0v) is 14.6. The monoisotopic (exact) mass is 353 g/mol. The molecule has 0 aliphatic carbocycles. The highest BCUT2D eigenvalue weighted by molar-refractivity contribution is 7.99. The number of carbonyl (C=O) groups excluding carboxylic acids is 2. The molecule has 4 nitrogen and oxygen atoms in total. The molecule has 1 saturated heterocycles. The van der Waals surface area contributed by atoms with E-state index in [1.807, 2.05) is 18.2 Å². The van der Waals surface area contributed by atoms with E-state index < -0.39 is 0 Å². The lowest BCUT2D eigenvalue weighted by Gasteiger charge is -2.12. The maximum atomic E-state index is 12.3. The lowest BCUT2D eigenvalue weighted by atomic mass is 10.1. The summed E-state index contributed by atoms with van der Waals surface area (Å²) in [6, 6.07) is 17.3. The van der Waals surface area contributed by atoms with E-state index in [9.17, 15) is 9.59 Å². The third-order valence-corrected chi connectivity index (χ3v) is 5.69. The van der Waals surface area contributed by atoms with Crippen LogP contribution in [0.25, 0.3) is 0 Å². The molecule has 2 aromatic carbocycles. The first-order chi connectivity index (χ1) is 12.2. The van der Waals surface area contributed by atoms with E-state index >= 15 is 0 Å². The minimum atomic E-state index is -0.173. The minimum Gasteiger partial charge on any atom is -0.369 e. The standard InChI is InChI=1S/C20H19NO3S/c22-19-15-9-4-5-10-16(15)20(23)21(19)12-6-11-17-18(24-17)13-25-14-7-2-1-3-8-14/h1-5,7-10,17-18H,6,11-13H2/t17-,18+/m1/s1. The maximum Gasteiger partial charge on any atom is 0.261 e. The van der Waals surface area contributed by atoms with Gasteiger partial charge in [0.1, 0.15) is 0 Å². The molecule has 2 heterocycles. The molecule has 25 heavy (non-hydrogen) atoms. The van der Waals surface area contributed by atoms with Crippen LogP contribution in [0.2, 0.25) is 0 Å². The summed E-state index contributed by atoms with van der Waals surface area (Å²) in [5.41, 5.74) is 1.04. The van der Waals surface area contributed by atoms with Crippen molar-refractivity contribution in [3.05, 3.63) is 65.7 Å². The van der Waals surface area contributed by atoms with Crippen LogP contribution in [-0.2, 0) is 4.74 Å². The number of fused-ring (bicyclic) bond motifs is 1. The van der Waals surface area contributed by atoms with Gasteiger partial charge < -0.3 is 4.74 Å². The van der Waals surface area contributed by atoms with Crippen molar-refractivity contribution in [3.63, 3.8) is 0 Å². The molecule has 1 fully saturated rings. The van der Waals surface area contributed by atoms with E-state index in [2.05, 4.69) is 12.1 Å². The molecule has 0 bridgehead atoms. The molecule has 5 heteroatoms. The lowest BCUT2D eigenvalue weighted by molar-refractivity contribution is 0.0650. The van der Waals surface area contributed by atoms with Crippen molar-refractivity contribution in [2.75, 3.05) is 12.3 Å². The zero-order valence-electron chi connectivity index (χ0n) is 13.8. The molecule has 0 aromatic heterocycles. The van der Waals surface area contributed by atoms with Gasteiger partial charge in [-0.1, -0.05) is 30.3 Å². The number of amides is 2. The Kier molecular flexibility index (Phi) is 4.59. The summed E-state index contributed by atoms with van der Waals surface area (Å²) in [6.45, 7) is 0.463. The SMILES string of the molecule is O=C1c2ccccc2C(=O)N1CCC[C@H]1O[C@H]1CSc1ccccc1. The van der Waals surface area contributed by atoms with Gasteiger partial charge in [-0.25, -0.2) is 0 Å². The Balaban J connectivity index is 1.21. The fourth-order valence-electron chi connectivity index (χ4n) is 3.17. The number of nitrogens with zero attached hydrogens (tertiary/aromatic N) is 1. The molecular weight excluding hydrogens is 334 g/mol. The minimum absolute atomic E-state index is 0.173. The van der Waals surface area contributed by atoms with Crippen LogP contribution in [0.15, 0.2) is 59.5 Å². The van der Waals surface area contributed by atoms with Gasteiger partial charge in [0.25, 0.3) is 11.8 Å². The number of imide groups is 1. The highest BCUT2D eigenvalue weighted by Gasteiger charge is 2.39. The van der Waals surface area contributed by atoms with Crippen LogP contribution in [0, 0.1) is 0 Å². The van der Waals surface area contributed by atoms with Crippen molar-refractivity contribution in [1.29, 1.82) is 0 Å². The van der Waals surface area contributed by atoms with Gasteiger partial charge in [-0.05, 0) is 37.1 Å². The quantitative estimate of drug-likeness (QED) is 0.433. The van der Waals surface area contributed by atoms with Crippen LogP contribution >= 0.6 is 11.8 Å². The Bertz CT molecular complexity index is 758. The summed E-state index contributed by atoms with van der Waals surface area (Å²) in [4.78, 5) is 27.2. The molecule has 0 saturated carbocycles. The van der Waals surface area contributed by atoms with Crippen molar-refractivity contribution in [1.82, 2.24) is 4.90 Å². The van der Waals surface area contributed by atoms with E-state index in [-0.39, 0.29) is 24.0 Å². The molecule has 2 atom stereocenters. The zero-order chi connectivity index (χ0) is 17.2. The Morgan fingerprint density at radius 3 is 2.20 bits per heavy atom. The topological polar surface area (TPSA) is 49.9 Å². The molecule has 0 radical (unpaired) electrons. The summed E-state index contributed by atoms with van der Waals surface area (Å²) >= 11 is 1.80. The first-order valence-electron chi connectivity index (χ1n) is 8.52. The predicted octanol–water partition coefficient (Wildman–Crippen LogP) is 3.62. The molecule has 2 aliphatic rings. The van der Waals surface area contributed by atoms with Crippen LogP contribution in [0.3, 0.4) is 0 Å². The van der Waals surface area contributed by atoms with Crippen LogP contribution < -0.4 is 0 Å². The Labute approximate surface area is 151 Å². The Morgan fingerprint density at radius 2 is 1.52 bits per heavy atom. The van der Waals surface area contributed by atoms with E-state index in [0.717, 1.165) is 18.6 Å². The van der Waals surface area contributed by atoms with E-state index in [1.165, 1.54) is 9.80 Å². The van der Waals surface area contributed by atoms with E-state index in [0.29, 0.717) is 17.7 Å². The van der Waals surface area contributed by atoms with Gasteiger partial charge in [0.05, 0.1) is 23.3 Å². The summed E-state index contributed by atoms with van der Waals surface area (Å²) in [7, 11) is 0. The van der Waals surface area contributed by atoms with Gasteiger partial charge in [-0.2, -0.15) is 0 Å². The number of epoxide rings is 1. The molecule has 2 aliphatic heterocycles. The van der Waals surface area contributed by atoms with Crippen LogP contribution in [0.1, 0.15) is 33.6 Å². The summed E-state index contributed by atoms with van der Waals surface area (Å²) in [6.07, 6.45) is 2.20. The number of hydrogen-bond acceptors (Lipinski definition) is 4. The molecule has 0 N–H and O–H groups in total. The van der Waals surface area contributed by atoms with Gasteiger partial charge in [0.15, 0.2) is 0 Å². The van der Waals surface area contributed by atoms with Crippen molar-refractivity contribution in [2.45, 2.75) is 29.9 Å². The highest BCUT2D eigenvalue weighted by Crippen LogP contribution is 2.32. The number of benzene rings is 2. The van der Waals surface area contributed by atoms with Crippen molar-refractivity contribution >= 4 is 23.6 Å². The fourth-order valence-corrected chi connectivity index (χ4v) is 4.17. The molecule has 2 aromatic rings. The average molecular weight is 353 g/mol. The molecule has 4 rings (SSSR count). The van der Waals surface area contributed by atoms with Gasteiger partial charge in [-0.3, -0.25) is 14.5 Å². The number of carbonyl (C=O) groups is 2. The van der Waals surface area contributed by atoms with Crippen molar-refractivity contribution in [3.8, 4) is 0 Å². The number of rotatable bonds is 7. The van der Waals surface area contributed by atoms with Crippen LogP contribution in [0.5, 0.6) is 0 Å². The fraction of sp³-hybridized carbons (Fsp3) is 0.300. The van der Waals surface area contributed by atoms with Gasteiger partial charge in [0.2, 0.25) is 0 Å². The summed E-state index contributed by atoms with van der Waals surface area (Å²) in [5, 5.41) is 0. The number of ether oxygens (including phenoxy) is 1. The molecule has 128 valence electrons. The summed E-state index contributed by atoms with van der Waals surface area (Å²) in [5.74, 6) is 0.601. The van der Waals surface area contributed by atoms with Crippen LogP contribution in [-0.4, -0.2) is 41.2 Å². The highest BCUT2D eigenvalue weighted by atomic mass is 32.2. The normalized spacial score (nSPS) is 21.5. The smallest absolute Gasteiger partial charge is 0.261 e. The molecule has 0 unspecified atom stereocenters. The Hall–Kier alpha value is -2.11. The number of hydrogen-bond donors (Lipinski definition) is 0. The summed E-state index contributed by atoms with van der Waals surface area (Å²) < 4.78 is 5.71. The van der Waals surface area contributed by atoms with E-state index in [1.54, 1.807) is 36.0 Å². The second-order valence-electron chi connectivity index (χ2n) is 6.29. The van der Waals surface area contributed by atoms with Crippen molar-refractivity contribution in [2.24, 2.45) is 0 Å². The van der Waals surface area contributed by atoms with Gasteiger partial charge >= 0.3 is 0 Å². The van der Waals surface area contributed by atoms with Crippen LogP contribution in [0.4, 0.5) is 0 Å². The molecule has 2 amide bonds. The molecular formula is C20H19NO3S. The third kappa shape index (κ3) is 3.48. The maximum absolute atomic E-state index is 12.3. The first-order valence-corrected chi connectivity index (χ1v) is 9.51. The lowest BCUT2D eigenvalue weighted by Crippen LogP contribution is -2.30. The largest absolute Gasteiger partial charge is 0.369 e. The van der Waals surface area contributed by atoms with Gasteiger partial charge in [-0.15, -0.1) is 11.8 Å². The molecule has 0 spiro atoms. The number of thioether (sulfide) groups is 1. The van der Waals surface area contributed by atoms with Crippen molar-refractivity contribution < 1.29 is 14.3 Å². The van der Waals surface area contributed by atoms with Gasteiger partial charge in [0, 0.05) is 17.2 Å². The second-order valence-corrected chi connectivity index (χ2v) is 7.38. The average Bonchev–Trinajstić information content (AvgIpc) is 3.36. The first kappa shape index (κ1) is 16.4. The third-order valence-electron chi connectivity index (χ3n) is 4.59. The Morgan fingerprint density at radius 1 is 0.880 bits per heavy atom. The predicted molar refractivity (Wildman–Crippen MR) is 96.9 cm³/mol. The van der Waals surface area contributed by atoms with E-state index in [4.69, 9.17) is 4.74 Å².